The van der Waals surface area contributed by atoms with E-state index >= 15 is 0 Å². The molecule has 0 radical (unpaired) electrons. The Morgan fingerprint density at radius 3 is 2.17 bits per heavy atom. The number of hydrogen-bond acceptors (Lipinski definition) is 6. The first-order chi connectivity index (χ1) is 19.5. The molecule has 0 aliphatic rings. The van der Waals surface area contributed by atoms with Crippen molar-refractivity contribution in [3.05, 3.63) is 65.5 Å². The van der Waals surface area contributed by atoms with Crippen molar-refractivity contribution in [3.8, 4) is 5.75 Å². The van der Waals surface area contributed by atoms with Crippen molar-refractivity contribution in [2.75, 3.05) is 19.6 Å². The van der Waals surface area contributed by atoms with E-state index in [1.165, 1.54) is 29.2 Å². The maximum atomic E-state index is 13.2. The quantitative estimate of drug-likeness (QED) is 0.0829. The van der Waals surface area contributed by atoms with Gasteiger partial charge < -0.3 is 43.6 Å². The molecule has 0 heterocycles. The molecule has 222 valence electrons. The van der Waals surface area contributed by atoms with Gasteiger partial charge in [-0.2, -0.15) is 0 Å². The fourth-order valence-electron chi connectivity index (χ4n) is 3.86. The predicted octanol–water partition coefficient (Wildman–Crippen LogP) is -0.581. The molecule has 0 saturated carbocycles. The number of amides is 3. The highest BCUT2D eigenvalue weighted by Crippen LogP contribution is 2.13. The molecule has 2 atom stereocenters. The highest BCUT2D eigenvalue weighted by molar-refractivity contribution is 5.93. The topological polar surface area (TPSA) is 228 Å². The van der Waals surface area contributed by atoms with Gasteiger partial charge in [0.1, 0.15) is 23.7 Å². The van der Waals surface area contributed by atoms with Crippen LogP contribution < -0.4 is 33.6 Å². The molecular weight excluding hydrogens is 533 g/mol. The molecule has 41 heavy (non-hydrogen) atoms. The first-order valence-corrected chi connectivity index (χ1v) is 13.0. The summed E-state index contributed by atoms with van der Waals surface area (Å²) in [6.45, 7) is 2.28. The van der Waals surface area contributed by atoms with Crippen molar-refractivity contribution in [2.24, 2.45) is 32.9 Å². The van der Waals surface area contributed by atoms with E-state index in [1.807, 2.05) is 0 Å². The molecular formula is C27H38FN9O4. The number of phenols is 1. The van der Waals surface area contributed by atoms with Crippen molar-refractivity contribution in [2.45, 2.75) is 44.8 Å². The summed E-state index contributed by atoms with van der Waals surface area (Å²) in [6.07, 6.45) is 0.601. The van der Waals surface area contributed by atoms with Gasteiger partial charge in [0, 0.05) is 26.1 Å². The van der Waals surface area contributed by atoms with Gasteiger partial charge in [0.2, 0.25) is 17.7 Å². The number of nitrogens with one attached hydrogen (secondary N) is 2. The van der Waals surface area contributed by atoms with E-state index in [1.54, 1.807) is 31.2 Å². The second-order valence-electron chi connectivity index (χ2n) is 9.20. The fourth-order valence-corrected chi connectivity index (χ4v) is 3.86. The average molecular weight is 572 g/mol. The molecule has 0 bridgehead atoms. The van der Waals surface area contributed by atoms with Crippen LogP contribution in [-0.2, 0) is 27.3 Å². The van der Waals surface area contributed by atoms with E-state index < -0.39 is 23.9 Å². The predicted molar refractivity (Wildman–Crippen MR) is 154 cm³/mol. The van der Waals surface area contributed by atoms with Gasteiger partial charge in [-0.15, -0.1) is 0 Å². The number of guanidine groups is 2. The zero-order chi connectivity index (χ0) is 30.4. The number of likely N-dealkylation sites (N-methyl/N-ethyl adjacent to an activating group) is 1. The second kappa shape index (κ2) is 16.3. The maximum absolute atomic E-state index is 13.2. The zero-order valence-electron chi connectivity index (χ0n) is 22.9. The van der Waals surface area contributed by atoms with E-state index in [-0.39, 0.29) is 61.9 Å². The highest BCUT2D eigenvalue weighted by Gasteiger charge is 2.26. The third kappa shape index (κ3) is 11.8. The second-order valence-corrected chi connectivity index (χ2v) is 9.20. The summed E-state index contributed by atoms with van der Waals surface area (Å²) in [4.78, 5) is 48.6. The molecule has 14 heteroatoms. The minimum absolute atomic E-state index is 0.0583. The third-order valence-electron chi connectivity index (χ3n) is 5.99. The normalized spacial score (nSPS) is 12.0. The molecule has 13 nitrogen and oxygen atoms in total. The lowest BCUT2D eigenvalue weighted by Gasteiger charge is -2.23. The number of aliphatic imine (C=N–C) groups is 2. The van der Waals surface area contributed by atoms with Gasteiger partial charge in [0.25, 0.3) is 0 Å². The highest BCUT2D eigenvalue weighted by atomic mass is 19.1. The first kappa shape index (κ1) is 32.3. The number of carbonyl (C=O) groups is 3. The molecule has 2 aromatic rings. The van der Waals surface area contributed by atoms with Crippen LogP contribution in [0.4, 0.5) is 4.39 Å². The molecule has 0 aromatic heterocycles. The summed E-state index contributed by atoms with van der Waals surface area (Å²) >= 11 is 0. The molecule has 0 spiro atoms. The fraction of sp³-hybridized carbons (Fsp3) is 0.370. The van der Waals surface area contributed by atoms with Crippen LogP contribution in [0.3, 0.4) is 0 Å². The number of rotatable bonds is 15. The summed E-state index contributed by atoms with van der Waals surface area (Å²) in [7, 11) is 0. The monoisotopic (exact) mass is 571 g/mol. The zero-order valence-corrected chi connectivity index (χ0v) is 22.9. The maximum Gasteiger partial charge on any atom is 0.245 e. The molecule has 11 N–H and O–H groups in total. The van der Waals surface area contributed by atoms with Crippen molar-refractivity contribution in [1.29, 1.82) is 0 Å². The van der Waals surface area contributed by atoms with Gasteiger partial charge in [0.15, 0.2) is 11.9 Å². The van der Waals surface area contributed by atoms with Crippen LogP contribution in [0.2, 0.25) is 0 Å². The summed E-state index contributed by atoms with van der Waals surface area (Å²) in [6, 6.07) is 9.83. The summed E-state index contributed by atoms with van der Waals surface area (Å²) in [5, 5.41) is 14.8. The number of nitrogens with two attached hydrogens (primary N) is 4. The van der Waals surface area contributed by atoms with Crippen LogP contribution in [0.25, 0.3) is 0 Å². The molecule has 0 fully saturated rings. The number of nitrogens with zero attached hydrogens (tertiary/aromatic N) is 3. The molecule has 2 rings (SSSR count). The lowest BCUT2D eigenvalue weighted by Crippen LogP contribution is -2.52. The van der Waals surface area contributed by atoms with E-state index in [0.717, 1.165) is 5.56 Å². The van der Waals surface area contributed by atoms with Crippen LogP contribution in [0, 0.1) is 5.82 Å². The molecule has 2 aromatic carbocycles. The van der Waals surface area contributed by atoms with Crippen molar-refractivity contribution < 1.29 is 23.9 Å². The van der Waals surface area contributed by atoms with Gasteiger partial charge in [-0.25, -0.2) is 9.38 Å². The Morgan fingerprint density at radius 1 is 0.951 bits per heavy atom. The van der Waals surface area contributed by atoms with E-state index in [2.05, 4.69) is 20.6 Å². The summed E-state index contributed by atoms with van der Waals surface area (Å²) in [5.41, 5.74) is 23.2. The number of hydrogen-bond donors (Lipinski definition) is 7. The van der Waals surface area contributed by atoms with Crippen molar-refractivity contribution in [1.82, 2.24) is 15.5 Å². The third-order valence-corrected chi connectivity index (χ3v) is 5.99. The first-order valence-electron chi connectivity index (χ1n) is 13.0. The van der Waals surface area contributed by atoms with Gasteiger partial charge in [-0.05, 0) is 55.2 Å². The Hall–Kier alpha value is -4.88. The number of halogens is 1. The molecule has 0 aliphatic heterocycles. The van der Waals surface area contributed by atoms with Crippen LogP contribution in [0.15, 0.2) is 58.5 Å². The van der Waals surface area contributed by atoms with Gasteiger partial charge in [0.05, 0.1) is 6.54 Å². The SMILES string of the molecule is CCN(Cc1ccc(F)cc1)C(=O)CNC(=O)[C@@H](CCCN=C(N)N)NC(=O)[C@H](Cc1ccc(O)cc1)N=C(N)N. The van der Waals surface area contributed by atoms with Gasteiger partial charge in [-0.1, -0.05) is 24.3 Å². The average Bonchev–Trinajstić information content (AvgIpc) is 2.93. The summed E-state index contributed by atoms with van der Waals surface area (Å²) < 4.78 is 13.2. The standard InChI is InChI=1S/C27H38FN9O4/c1-2-37(16-18-5-9-19(28)10-6-18)23(39)15-34-24(40)21(4-3-13-33-26(29)30)35-25(41)22(36-27(31)32)14-17-7-11-20(38)12-8-17/h5-12,21-22,38H,2-4,13-16H2,1H3,(H,34,40)(H,35,41)(H4,29,30,33)(H4,31,32,36)/t21-,22+/m1/s1. The van der Waals surface area contributed by atoms with E-state index in [0.29, 0.717) is 18.5 Å². The molecule has 0 aliphatic carbocycles. The van der Waals surface area contributed by atoms with Gasteiger partial charge in [-0.3, -0.25) is 19.4 Å². The number of benzene rings is 2. The van der Waals surface area contributed by atoms with E-state index in [4.69, 9.17) is 22.9 Å². The lowest BCUT2D eigenvalue weighted by molar-refractivity contribution is -0.134. The Bertz CT molecular complexity index is 1210. The minimum Gasteiger partial charge on any atom is -0.508 e. The van der Waals surface area contributed by atoms with E-state index in [9.17, 15) is 23.9 Å². The number of phenolic OH excluding ortho intramolecular Hbond substituents is 1. The Labute approximate surface area is 237 Å². The lowest BCUT2D eigenvalue weighted by atomic mass is 10.0. The Morgan fingerprint density at radius 2 is 1.59 bits per heavy atom. The summed E-state index contributed by atoms with van der Waals surface area (Å²) in [5.74, 6) is -2.32. The minimum atomic E-state index is -1.06. The molecule has 0 unspecified atom stereocenters. The molecule has 0 saturated heterocycles. The smallest absolute Gasteiger partial charge is 0.245 e. The largest absolute Gasteiger partial charge is 0.508 e. The van der Waals surface area contributed by atoms with Crippen LogP contribution in [0.1, 0.15) is 30.9 Å². The molecule has 3 amide bonds. The van der Waals surface area contributed by atoms with Crippen LogP contribution in [-0.4, -0.2) is 71.4 Å². The Balaban J connectivity index is 2.11. The Kier molecular flexibility index (Phi) is 12.8. The number of carbonyl (C=O) groups excluding carboxylic acids is 3. The van der Waals surface area contributed by atoms with Crippen LogP contribution >= 0.6 is 0 Å². The van der Waals surface area contributed by atoms with Gasteiger partial charge >= 0.3 is 0 Å². The van der Waals surface area contributed by atoms with Crippen LogP contribution in [0.5, 0.6) is 5.75 Å². The van der Waals surface area contributed by atoms with Crippen molar-refractivity contribution in [3.63, 3.8) is 0 Å². The van der Waals surface area contributed by atoms with Crippen molar-refractivity contribution >= 4 is 29.6 Å². The number of aromatic hydroxyl groups is 1.